The predicted octanol–water partition coefficient (Wildman–Crippen LogP) is 8.63. The molecule has 0 saturated carbocycles. The summed E-state index contributed by atoms with van der Waals surface area (Å²) < 4.78 is 34.9. The molecule has 96 heavy (non-hydrogen) atoms. The van der Waals surface area contributed by atoms with Gasteiger partial charge in [-0.05, 0) is 38.5 Å². The van der Waals surface area contributed by atoms with Crippen LogP contribution >= 0.6 is 0 Å². The normalized spacial score (nSPS) is 27.6. The average molecular weight is 1380 g/mol. The second-order valence-corrected chi connectivity index (χ2v) is 27.9. The smallest absolute Gasteiger partial charge is 0.364 e. The number of amides is 2. The number of hydrogen-bond acceptors (Lipinski definition) is 20. The quantitative estimate of drug-likeness (QED) is 0.0200. The van der Waals surface area contributed by atoms with E-state index in [0.29, 0.717) is 19.3 Å². The number of unbranched alkanes of at least 4 members (excludes halogenated alkanes) is 37. The Morgan fingerprint density at radius 1 is 0.531 bits per heavy atom. The highest BCUT2D eigenvalue weighted by atomic mass is 16.8. The van der Waals surface area contributed by atoms with Crippen LogP contribution in [0.4, 0.5) is 0 Å². The Morgan fingerprint density at radius 3 is 1.41 bits per heavy atom. The van der Waals surface area contributed by atoms with Crippen molar-refractivity contribution in [2.24, 2.45) is 0 Å². The molecule has 23 heteroatoms. The summed E-state index contributed by atoms with van der Waals surface area (Å²) in [7, 11) is 0. The molecule has 18 atom stereocenters. The Hall–Kier alpha value is -2.53. The third-order valence-electron chi connectivity index (χ3n) is 19.5. The number of nitrogens with one attached hydrogen (secondary N) is 2. The van der Waals surface area contributed by atoms with Gasteiger partial charge in [0.2, 0.25) is 11.8 Å². The number of rotatable bonds is 59. The van der Waals surface area contributed by atoms with Crippen molar-refractivity contribution in [3.05, 3.63) is 12.2 Å². The molecule has 3 saturated heterocycles. The summed E-state index contributed by atoms with van der Waals surface area (Å²) in [6.45, 7) is 2.24. The first kappa shape index (κ1) is 87.7. The molecule has 23 nitrogen and oxygen atoms in total. The first-order valence-electron chi connectivity index (χ1n) is 38.0. The number of aliphatic carboxylic acids is 1. The van der Waals surface area contributed by atoms with Crippen molar-refractivity contribution in [3.8, 4) is 0 Å². The van der Waals surface area contributed by atoms with E-state index in [2.05, 4.69) is 36.6 Å². The molecular weight excluding hydrogens is 1240 g/mol. The van der Waals surface area contributed by atoms with E-state index in [9.17, 15) is 75.7 Å². The first-order chi connectivity index (χ1) is 46.4. The summed E-state index contributed by atoms with van der Waals surface area (Å²) in [5.41, 5.74) is 0. The zero-order valence-corrected chi connectivity index (χ0v) is 59.2. The molecule has 0 spiro atoms. The standard InChI is InChI=1S/C73H136N2O21/c1-4-6-8-10-12-14-16-18-20-22-24-25-26-27-29-30-32-34-36-38-40-42-44-46-55(80)54(75-60(83)47-45-43-41-39-37-35-33-31-28-23-21-19-17-15-13-11-9-7-5-2)52-91-70-65(87)64(86)67(59(51-78)93-70)94-71-66(88)69(63(85)58(50-77)92-71)96-73(72(89)90)48-56(81)61(74-53(3)79)68(95-73)62(84)57(82)49-76/h23,28,54-59,61-71,76-78,80-82,84-88H,4-22,24-27,29-52H2,1-3H3,(H,74,79)(H,75,83)(H,89,90)/b28-23-. The number of allylic oxidation sites excluding steroid dienone is 2. The number of hydrogen-bond donors (Lipinski definition) is 14. The van der Waals surface area contributed by atoms with Gasteiger partial charge in [0.25, 0.3) is 5.79 Å². The lowest BCUT2D eigenvalue weighted by atomic mass is 9.88. The highest BCUT2D eigenvalue weighted by molar-refractivity contribution is 5.77. The maximum absolute atomic E-state index is 13.5. The van der Waals surface area contributed by atoms with Gasteiger partial charge >= 0.3 is 5.97 Å². The fourth-order valence-electron chi connectivity index (χ4n) is 13.4. The molecule has 0 aliphatic carbocycles. The van der Waals surface area contributed by atoms with Crippen molar-refractivity contribution in [2.75, 3.05) is 26.4 Å². The lowest BCUT2D eigenvalue weighted by Gasteiger charge is -2.50. The van der Waals surface area contributed by atoms with E-state index in [-0.39, 0.29) is 18.9 Å². The van der Waals surface area contributed by atoms with Gasteiger partial charge in [0.15, 0.2) is 12.6 Å². The van der Waals surface area contributed by atoms with E-state index < -0.39 is 148 Å². The molecule has 0 aromatic carbocycles. The Labute approximate surface area is 575 Å². The van der Waals surface area contributed by atoms with Gasteiger partial charge in [0.05, 0.1) is 50.7 Å². The van der Waals surface area contributed by atoms with Gasteiger partial charge in [-0.2, -0.15) is 0 Å². The molecule has 0 bridgehead atoms. The number of carboxylic acids is 1. The predicted molar refractivity (Wildman–Crippen MR) is 366 cm³/mol. The Morgan fingerprint density at radius 2 is 0.969 bits per heavy atom. The highest BCUT2D eigenvalue weighted by Crippen LogP contribution is 2.39. The van der Waals surface area contributed by atoms with Gasteiger partial charge in [-0.15, -0.1) is 0 Å². The molecule has 18 unspecified atom stereocenters. The Kier molecular flexibility index (Phi) is 48.7. The SMILES string of the molecule is CCCCCCCCCC/C=C\CCCCCCCCCC(=O)NC(COC1OC(CO)C(OC2OC(CO)C(O)C(OC3(C(=O)O)CC(O)C(NC(C)=O)C(C(O)C(O)CO)O3)C2O)C(O)C1O)C(O)CCCCCCCCCCCCCCCCCCCCCCCCC. The van der Waals surface area contributed by atoms with Crippen molar-refractivity contribution in [1.82, 2.24) is 10.6 Å². The van der Waals surface area contributed by atoms with E-state index in [1.54, 1.807) is 0 Å². The van der Waals surface area contributed by atoms with E-state index in [4.69, 9.17) is 28.4 Å². The third kappa shape index (κ3) is 34.4. The summed E-state index contributed by atoms with van der Waals surface area (Å²) in [6, 6.07) is -2.53. The number of aliphatic hydroxyl groups is 11. The Balaban J connectivity index is 1.55. The third-order valence-corrected chi connectivity index (χ3v) is 19.5. The molecule has 3 heterocycles. The minimum Gasteiger partial charge on any atom is -0.477 e. The largest absolute Gasteiger partial charge is 0.477 e. The molecule has 3 rings (SSSR count). The average Bonchev–Trinajstić information content (AvgIpc) is 0.758. The van der Waals surface area contributed by atoms with Gasteiger partial charge in [0.1, 0.15) is 67.1 Å². The first-order valence-corrected chi connectivity index (χ1v) is 38.0. The fraction of sp³-hybridized carbons (Fsp3) is 0.932. The second-order valence-electron chi connectivity index (χ2n) is 27.9. The van der Waals surface area contributed by atoms with Gasteiger partial charge in [-0.3, -0.25) is 9.59 Å². The maximum Gasteiger partial charge on any atom is 0.364 e. The topological polar surface area (TPSA) is 373 Å². The van der Waals surface area contributed by atoms with E-state index in [1.165, 1.54) is 167 Å². The van der Waals surface area contributed by atoms with Crippen LogP contribution in [0.1, 0.15) is 297 Å². The summed E-state index contributed by atoms with van der Waals surface area (Å²) in [5, 5.41) is 136. The van der Waals surface area contributed by atoms with Crippen LogP contribution in [0.2, 0.25) is 0 Å². The molecule has 3 aliphatic rings. The lowest BCUT2D eigenvalue weighted by Crippen LogP contribution is -2.70. The van der Waals surface area contributed by atoms with Gasteiger partial charge in [-0.1, -0.05) is 251 Å². The number of ether oxygens (including phenoxy) is 6. The van der Waals surface area contributed by atoms with Crippen molar-refractivity contribution < 1.29 is 104 Å². The van der Waals surface area contributed by atoms with E-state index >= 15 is 0 Å². The Bertz CT molecular complexity index is 1980. The molecule has 14 N–H and O–H groups in total. The molecule has 2 amide bonds. The monoisotopic (exact) mass is 1380 g/mol. The number of aliphatic hydroxyl groups excluding tert-OH is 11. The van der Waals surface area contributed by atoms with Crippen LogP contribution in [-0.4, -0.2) is 215 Å². The van der Waals surface area contributed by atoms with Crippen molar-refractivity contribution in [3.63, 3.8) is 0 Å². The van der Waals surface area contributed by atoms with Crippen LogP contribution in [0, 0.1) is 0 Å². The highest BCUT2D eigenvalue weighted by Gasteiger charge is 2.60. The van der Waals surface area contributed by atoms with Crippen LogP contribution in [0.3, 0.4) is 0 Å². The van der Waals surface area contributed by atoms with Gasteiger partial charge < -0.3 is 100 Å². The van der Waals surface area contributed by atoms with Crippen molar-refractivity contribution >= 4 is 17.8 Å². The van der Waals surface area contributed by atoms with E-state index in [1.807, 2.05) is 0 Å². The van der Waals surface area contributed by atoms with Crippen molar-refractivity contribution in [1.29, 1.82) is 0 Å². The van der Waals surface area contributed by atoms with Crippen LogP contribution in [0.15, 0.2) is 12.2 Å². The zero-order chi connectivity index (χ0) is 70.4. The summed E-state index contributed by atoms with van der Waals surface area (Å²) in [6.07, 6.45) is 24.9. The van der Waals surface area contributed by atoms with Crippen LogP contribution in [0.25, 0.3) is 0 Å². The molecule has 3 aliphatic heterocycles. The molecule has 3 fully saturated rings. The van der Waals surface area contributed by atoms with Crippen molar-refractivity contribution in [2.45, 2.75) is 407 Å². The minimum atomic E-state index is -3.08. The summed E-state index contributed by atoms with van der Waals surface area (Å²) in [5.74, 6) is -6.10. The summed E-state index contributed by atoms with van der Waals surface area (Å²) in [4.78, 5) is 38.6. The van der Waals surface area contributed by atoms with Crippen LogP contribution in [-0.2, 0) is 42.8 Å². The number of carbonyl (C=O) groups is 3. The lowest BCUT2D eigenvalue weighted by molar-refractivity contribution is -0.386. The van der Waals surface area contributed by atoms with Crippen LogP contribution in [0.5, 0.6) is 0 Å². The van der Waals surface area contributed by atoms with E-state index in [0.717, 1.165) is 84.0 Å². The second kappa shape index (κ2) is 53.3. The molecule has 0 aromatic heterocycles. The zero-order valence-electron chi connectivity index (χ0n) is 59.2. The minimum absolute atomic E-state index is 0.220. The summed E-state index contributed by atoms with van der Waals surface area (Å²) >= 11 is 0. The molecule has 0 aromatic rings. The number of carbonyl (C=O) groups excluding carboxylic acids is 2. The maximum atomic E-state index is 13.5. The van der Waals surface area contributed by atoms with Crippen LogP contribution < -0.4 is 10.6 Å². The van der Waals surface area contributed by atoms with Gasteiger partial charge in [0, 0.05) is 19.8 Å². The number of carboxylic acid groups (broad SMARTS) is 1. The van der Waals surface area contributed by atoms with Gasteiger partial charge in [-0.25, -0.2) is 4.79 Å². The molecule has 0 radical (unpaired) electrons. The molecule has 564 valence electrons. The fourth-order valence-corrected chi connectivity index (χ4v) is 13.4. The molecular formula is C73H136N2O21.